The maximum Gasteiger partial charge on any atom is 0.307 e. The number of likely N-dealkylation sites (tertiary alicyclic amines) is 1. The van der Waals surface area contributed by atoms with Gasteiger partial charge in [-0.1, -0.05) is 0 Å². The van der Waals surface area contributed by atoms with E-state index in [1.54, 1.807) is 7.11 Å². The highest BCUT2D eigenvalue weighted by Crippen LogP contribution is 2.59. The van der Waals surface area contributed by atoms with Gasteiger partial charge in [-0.15, -0.1) is 0 Å². The summed E-state index contributed by atoms with van der Waals surface area (Å²) in [5, 5.41) is 9.24. The number of piperidine rings is 1. The number of carboxylic acid groups (broad SMARTS) is 1. The number of methoxy groups -OCH3 is 1. The molecule has 2 aromatic rings. The first-order chi connectivity index (χ1) is 13.4. The number of carbonyl (C=O) groups excluding carboxylic acids is 1. The molecule has 2 aliphatic rings. The van der Waals surface area contributed by atoms with Gasteiger partial charge in [0.15, 0.2) is 0 Å². The standard InChI is InChI=1S/C22H26N2O4/c1-14-12-18(15(2)24(14)16-4-6-17(28-3)7-5-16)20(25)23-10-8-22(9-11-23)13-19(22)21(26)27/h4-7,12,19H,8-11,13H2,1-3H3,(H,26,27). The van der Waals surface area contributed by atoms with Gasteiger partial charge >= 0.3 is 5.97 Å². The average molecular weight is 382 g/mol. The molecule has 1 atom stereocenters. The van der Waals surface area contributed by atoms with Crippen LogP contribution < -0.4 is 4.74 Å². The van der Waals surface area contributed by atoms with Crippen molar-refractivity contribution in [1.82, 2.24) is 9.47 Å². The summed E-state index contributed by atoms with van der Waals surface area (Å²) in [5.74, 6) is -0.0764. The second-order valence-electron chi connectivity index (χ2n) is 8.07. The summed E-state index contributed by atoms with van der Waals surface area (Å²) >= 11 is 0. The first-order valence-electron chi connectivity index (χ1n) is 9.72. The number of nitrogens with zero attached hydrogens (tertiary/aromatic N) is 2. The molecule has 1 aliphatic carbocycles. The number of aromatic nitrogens is 1. The summed E-state index contributed by atoms with van der Waals surface area (Å²) in [4.78, 5) is 26.3. The van der Waals surface area contributed by atoms with Crippen LogP contribution in [0.1, 0.15) is 41.0 Å². The SMILES string of the molecule is COc1ccc(-n2c(C)cc(C(=O)N3CCC4(CC3)CC4C(=O)O)c2C)cc1. The Morgan fingerprint density at radius 1 is 1.14 bits per heavy atom. The summed E-state index contributed by atoms with van der Waals surface area (Å²) in [7, 11) is 1.64. The Bertz CT molecular complexity index is 921. The Morgan fingerprint density at radius 2 is 1.79 bits per heavy atom. The van der Waals surface area contributed by atoms with E-state index in [0.717, 1.165) is 47.7 Å². The van der Waals surface area contributed by atoms with Gasteiger partial charge in [0, 0.05) is 30.2 Å². The van der Waals surface area contributed by atoms with E-state index in [1.807, 2.05) is 49.1 Å². The smallest absolute Gasteiger partial charge is 0.307 e. The summed E-state index contributed by atoms with van der Waals surface area (Å²) in [6.45, 7) is 5.24. The number of benzene rings is 1. The van der Waals surface area contributed by atoms with Crippen LogP contribution in [0, 0.1) is 25.2 Å². The summed E-state index contributed by atoms with van der Waals surface area (Å²) < 4.78 is 7.31. The van der Waals surface area contributed by atoms with Crippen LogP contribution in [0.5, 0.6) is 5.75 Å². The molecule has 1 amide bonds. The number of aliphatic carboxylic acids is 1. The molecule has 1 aromatic carbocycles. The fraction of sp³-hybridized carbons (Fsp3) is 0.455. The van der Waals surface area contributed by atoms with Crippen molar-refractivity contribution < 1.29 is 19.4 Å². The van der Waals surface area contributed by atoms with Gasteiger partial charge < -0.3 is 19.3 Å². The van der Waals surface area contributed by atoms with Crippen LogP contribution >= 0.6 is 0 Å². The monoisotopic (exact) mass is 382 g/mol. The Hall–Kier alpha value is -2.76. The van der Waals surface area contributed by atoms with Gasteiger partial charge in [0.05, 0.1) is 18.6 Å². The van der Waals surface area contributed by atoms with Crippen LogP contribution in [-0.4, -0.2) is 46.6 Å². The summed E-state index contributed by atoms with van der Waals surface area (Å²) in [6, 6.07) is 9.74. The third kappa shape index (κ3) is 2.97. The highest BCUT2D eigenvalue weighted by Gasteiger charge is 2.59. The minimum atomic E-state index is -0.692. The highest BCUT2D eigenvalue weighted by atomic mass is 16.5. The van der Waals surface area contributed by atoms with Gasteiger partial charge in [0.2, 0.25) is 0 Å². The number of amides is 1. The van der Waals surface area contributed by atoms with Crippen LogP contribution in [0.15, 0.2) is 30.3 Å². The van der Waals surface area contributed by atoms with Crippen molar-refractivity contribution in [3.8, 4) is 11.4 Å². The Balaban J connectivity index is 1.52. The van der Waals surface area contributed by atoms with E-state index in [-0.39, 0.29) is 17.2 Å². The molecule has 1 unspecified atom stereocenters. The predicted octanol–water partition coefficient (Wildman–Crippen LogP) is 3.43. The molecular weight excluding hydrogens is 356 g/mol. The molecule has 6 heteroatoms. The van der Waals surface area contributed by atoms with E-state index in [0.29, 0.717) is 13.1 Å². The Kier molecular flexibility index (Phi) is 4.44. The summed E-state index contributed by atoms with van der Waals surface area (Å²) in [6.07, 6.45) is 2.33. The lowest BCUT2D eigenvalue weighted by Gasteiger charge is -2.32. The first kappa shape index (κ1) is 18.6. The fourth-order valence-electron chi connectivity index (χ4n) is 4.68. The first-order valence-corrected chi connectivity index (χ1v) is 9.72. The number of carbonyl (C=O) groups is 2. The second-order valence-corrected chi connectivity index (χ2v) is 8.07. The van der Waals surface area contributed by atoms with Gasteiger partial charge in [0.1, 0.15) is 5.75 Å². The largest absolute Gasteiger partial charge is 0.497 e. The molecule has 0 radical (unpaired) electrons. The lowest BCUT2D eigenvalue weighted by Crippen LogP contribution is -2.40. The number of hydrogen-bond acceptors (Lipinski definition) is 3. The molecule has 2 heterocycles. The maximum absolute atomic E-state index is 13.1. The Morgan fingerprint density at radius 3 is 2.32 bits per heavy atom. The minimum absolute atomic E-state index is 0.0373. The number of carboxylic acids is 1. The molecule has 1 N–H and O–H groups in total. The number of hydrogen-bond donors (Lipinski definition) is 1. The van der Waals surface area contributed by atoms with E-state index < -0.39 is 5.97 Å². The highest BCUT2D eigenvalue weighted by molar-refractivity contribution is 5.96. The van der Waals surface area contributed by atoms with Gasteiger partial charge in [-0.25, -0.2) is 0 Å². The van der Waals surface area contributed by atoms with Gasteiger partial charge in [-0.3, -0.25) is 9.59 Å². The Labute approximate surface area is 164 Å². The van der Waals surface area contributed by atoms with Gasteiger partial charge in [-0.05, 0) is 68.9 Å². The van der Waals surface area contributed by atoms with Crippen molar-refractivity contribution in [2.75, 3.05) is 20.2 Å². The maximum atomic E-state index is 13.1. The number of ether oxygens (including phenoxy) is 1. The molecule has 28 heavy (non-hydrogen) atoms. The van der Waals surface area contributed by atoms with E-state index >= 15 is 0 Å². The molecule has 1 saturated carbocycles. The lowest BCUT2D eigenvalue weighted by atomic mass is 9.90. The minimum Gasteiger partial charge on any atom is -0.497 e. The fourth-order valence-corrected chi connectivity index (χ4v) is 4.68. The van der Waals surface area contributed by atoms with Crippen LogP contribution in [0.4, 0.5) is 0 Å². The van der Waals surface area contributed by atoms with Crippen molar-refractivity contribution in [3.63, 3.8) is 0 Å². The van der Waals surface area contributed by atoms with Crippen LogP contribution in [-0.2, 0) is 4.79 Å². The molecule has 1 saturated heterocycles. The quantitative estimate of drug-likeness (QED) is 0.879. The van der Waals surface area contributed by atoms with Gasteiger partial charge in [0.25, 0.3) is 5.91 Å². The zero-order valence-corrected chi connectivity index (χ0v) is 16.6. The van der Waals surface area contributed by atoms with E-state index in [4.69, 9.17) is 4.74 Å². The summed E-state index contributed by atoms with van der Waals surface area (Å²) in [5.41, 5.74) is 3.57. The zero-order valence-electron chi connectivity index (χ0n) is 16.6. The van der Waals surface area contributed by atoms with Crippen molar-refractivity contribution in [2.24, 2.45) is 11.3 Å². The van der Waals surface area contributed by atoms with Crippen molar-refractivity contribution in [3.05, 3.63) is 47.3 Å². The molecule has 1 aliphatic heterocycles. The predicted molar refractivity (Wildman–Crippen MR) is 105 cm³/mol. The van der Waals surface area contributed by atoms with E-state index in [1.165, 1.54) is 0 Å². The van der Waals surface area contributed by atoms with Crippen molar-refractivity contribution in [2.45, 2.75) is 33.1 Å². The second kappa shape index (κ2) is 6.69. The van der Waals surface area contributed by atoms with Crippen LogP contribution in [0.3, 0.4) is 0 Å². The molecule has 148 valence electrons. The van der Waals surface area contributed by atoms with Gasteiger partial charge in [-0.2, -0.15) is 0 Å². The van der Waals surface area contributed by atoms with E-state index in [9.17, 15) is 14.7 Å². The van der Waals surface area contributed by atoms with Crippen molar-refractivity contribution >= 4 is 11.9 Å². The molecule has 6 nitrogen and oxygen atoms in total. The molecule has 0 bridgehead atoms. The number of rotatable bonds is 4. The zero-order chi connectivity index (χ0) is 20.1. The normalized spacial score (nSPS) is 20.2. The van der Waals surface area contributed by atoms with E-state index in [2.05, 4.69) is 4.57 Å². The molecule has 1 spiro atoms. The molecule has 1 aromatic heterocycles. The molecule has 4 rings (SSSR count). The third-order valence-electron chi connectivity index (χ3n) is 6.53. The molecule has 2 fully saturated rings. The van der Waals surface area contributed by atoms with Crippen molar-refractivity contribution in [1.29, 1.82) is 0 Å². The third-order valence-corrected chi connectivity index (χ3v) is 6.53. The number of aryl methyl sites for hydroxylation is 1. The topological polar surface area (TPSA) is 71.8 Å². The van der Waals surface area contributed by atoms with Crippen LogP contribution in [0.25, 0.3) is 5.69 Å². The molecular formula is C22H26N2O4. The lowest BCUT2D eigenvalue weighted by molar-refractivity contribution is -0.139. The van der Waals surface area contributed by atoms with Crippen LogP contribution in [0.2, 0.25) is 0 Å². The average Bonchev–Trinajstić information content (AvgIpc) is 3.31.